The predicted octanol–water partition coefficient (Wildman–Crippen LogP) is -1.68. The van der Waals surface area contributed by atoms with Crippen LogP contribution in [0.3, 0.4) is 0 Å². The fraction of sp³-hybridized carbons (Fsp3) is 0. The van der Waals surface area contributed by atoms with Crippen molar-refractivity contribution in [2.45, 2.75) is 0 Å². The number of rotatable bonds is 3. The van der Waals surface area contributed by atoms with Gasteiger partial charge in [-0.25, -0.2) is 0 Å². The topological polar surface area (TPSA) is 123 Å². The summed E-state index contributed by atoms with van der Waals surface area (Å²) in [6.07, 6.45) is 0. The minimum atomic E-state index is -1.74. The van der Waals surface area contributed by atoms with E-state index in [0.717, 1.165) is 12.1 Å². The molecular weight excluding hydrogens is 271 g/mol. The Balaban J connectivity index is 0.00000225. The van der Waals surface area contributed by atoms with Gasteiger partial charge in [-0.2, -0.15) is 0 Å². The fourth-order valence-electron chi connectivity index (χ4n) is 0.982. The van der Waals surface area contributed by atoms with E-state index in [0.29, 0.717) is 6.07 Å². The Morgan fingerprint density at radius 3 is 2.06 bits per heavy atom. The number of aromatic carboxylic acids is 2. The van der Waals surface area contributed by atoms with Gasteiger partial charge in [0.25, 0.3) is 5.69 Å². The Morgan fingerprint density at radius 2 is 1.69 bits per heavy atom. The fourth-order valence-corrected chi connectivity index (χ4v) is 0.982. The van der Waals surface area contributed by atoms with E-state index in [4.69, 9.17) is 0 Å². The third-order valence-electron chi connectivity index (χ3n) is 1.65. The molecule has 16 heavy (non-hydrogen) atoms. The zero-order valence-corrected chi connectivity index (χ0v) is 10.8. The number of carboxylic acid groups (broad SMARTS) is 2. The molecule has 0 heterocycles. The first-order valence-corrected chi connectivity index (χ1v) is 3.64. The normalized spacial score (nSPS) is 9.00. The average molecular weight is 275 g/mol. The summed E-state index contributed by atoms with van der Waals surface area (Å²) in [4.78, 5) is 30.2. The standard InChI is InChI=1S/C8H5NO6.Zn/c10-7(11)4-1-2-5(8(12)13)6(3-4)9(14)15;/h1-3H,(H,10,11)(H,12,13);/q;+2/p-2. The van der Waals surface area contributed by atoms with Crippen molar-refractivity contribution in [1.82, 2.24) is 0 Å². The third kappa shape index (κ3) is 2.84. The van der Waals surface area contributed by atoms with Crippen molar-refractivity contribution < 1.29 is 44.2 Å². The largest absolute Gasteiger partial charge is 2.00 e. The second-order valence-electron chi connectivity index (χ2n) is 2.56. The Morgan fingerprint density at radius 1 is 1.12 bits per heavy atom. The molecule has 0 N–H and O–H groups in total. The monoisotopic (exact) mass is 273 g/mol. The number of hydrogen-bond donors (Lipinski definition) is 0. The predicted molar refractivity (Wildman–Crippen MR) is 41.8 cm³/mol. The number of hydrogen-bond acceptors (Lipinski definition) is 6. The number of benzene rings is 1. The molecule has 7 nitrogen and oxygen atoms in total. The Bertz CT molecular complexity index is 458. The van der Waals surface area contributed by atoms with Gasteiger partial charge in [-0.1, -0.05) is 6.07 Å². The summed E-state index contributed by atoms with van der Waals surface area (Å²) in [5, 5.41) is 31.2. The molecule has 0 saturated heterocycles. The van der Waals surface area contributed by atoms with Gasteiger partial charge in [0.2, 0.25) is 0 Å². The first-order chi connectivity index (χ1) is 6.93. The van der Waals surface area contributed by atoms with Crippen LogP contribution in [0.2, 0.25) is 0 Å². The van der Waals surface area contributed by atoms with Crippen LogP contribution >= 0.6 is 0 Å². The number of carbonyl (C=O) groups is 2. The molecule has 0 aliphatic carbocycles. The summed E-state index contributed by atoms with van der Waals surface area (Å²) in [6.45, 7) is 0. The summed E-state index contributed by atoms with van der Waals surface area (Å²) in [6, 6.07) is 2.30. The van der Waals surface area contributed by atoms with E-state index in [9.17, 15) is 29.9 Å². The van der Waals surface area contributed by atoms with Gasteiger partial charge in [0.1, 0.15) is 0 Å². The van der Waals surface area contributed by atoms with E-state index in [-0.39, 0.29) is 19.5 Å². The molecule has 78 valence electrons. The quantitative estimate of drug-likeness (QED) is 0.368. The Labute approximate surface area is 102 Å². The minimum absolute atomic E-state index is 0. The Kier molecular flexibility index (Phi) is 4.71. The average Bonchev–Trinajstić information content (AvgIpc) is 2.16. The van der Waals surface area contributed by atoms with Crippen molar-refractivity contribution in [1.29, 1.82) is 0 Å². The number of nitro benzene ring substituents is 1. The smallest absolute Gasteiger partial charge is 0.545 e. The molecule has 0 amide bonds. The maximum absolute atomic E-state index is 10.4. The number of nitrogens with zero attached hydrogens (tertiary/aromatic N) is 1. The van der Waals surface area contributed by atoms with E-state index in [1.54, 1.807) is 0 Å². The molecule has 0 aliphatic heterocycles. The summed E-state index contributed by atoms with van der Waals surface area (Å²) < 4.78 is 0. The molecule has 0 radical (unpaired) electrons. The molecule has 0 aliphatic rings. The van der Waals surface area contributed by atoms with Crippen LogP contribution in [0, 0.1) is 10.1 Å². The Hall–Kier alpha value is -1.82. The van der Waals surface area contributed by atoms with Crippen molar-refractivity contribution in [2.24, 2.45) is 0 Å². The van der Waals surface area contributed by atoms with Gasteiger partial charge in [0.05, 0.1) is 22.4 Å². The van der Waals surface area contributed by atoms with Gasteiger partial charge in [0.15, 0.2) is 0 Å². The second-order valence-corrected chi connectivity index (χ2v) is 2.56. The summed E-state index contributed by atoms with van der Waals surface area (Å²) >= 11 is 0. The van der Waals surface area contributed by atoms with E-state index in [1.807, 2.05) is 0 Å². The molecular formula is C8H3NO6Zn. The van der Waals surface area contributed by atoms with Crippen LogP contribution in [0.25, 0.3) is 0 Å². The van der Waals surface area contributed by atoms with Crippen LogP contribution in [-0.2, 0) is 19.5 Å². The molecule has 1 rings (SSSR count). The molecule has 0 bridgehead atoms. The van der Waals surface area contributed by atoms with Crippen LogP contribution in [0.15, 0.2) is 18.2 Å². The van der Waals surface area contributed by atoms with Gasteiger partial charge in [-0.05, 0) is 6.07 Å². The summed E-state index contributed by atoms with van der Waals surface area (Å²) in [7, 11) is 0. The van der Waals surface area contributed by atoms with Crippen LogP contribution in [0.4, 0.5) is 5.69 Å². The van der Waals surface area contributed by atoms with Crippen molar-refractivity contribution >= 4 is 17.6 Å². The number of carboxylic acids is 2. The molecule has 1 aromatic carbocycles. The number of nitro groups is 1. The molecule has 1 aromatic rings. The van der Waals surface area contributed by atoms with Crippen molar-refractivity contribution in [2.75, 3.05) is 0 Å². The van der Waals surface area contributed by atoms with E-state index >= 15 is 0 Å². The van der Waals surface area contributed by atoms with E-state index < -0.39 is 33.7 Å². The molecule has 0 aromatic heterocycles. The van der Waals surface area contributed by atoms with Gasteiger partial charge in [0, 0.05) is 11.6 Å². The minimum Gasteiger partial charge on any atom is -0.545 e. The van der Waals surface area contributed by atoms with Crippen molar-refractivity contribution in [3.63, 3.8) is 0 Å². The summed E-state index contributed by atoms with van der Waals surface area (Å²) in [5.74, 6) is -3.37. The SMILES string of the molecule is O=C([O-])c1ccc(C(=O)[O-])c([N+](=O)[O-])c1.[Zn+2]. The van der Waals surface area contributed by atoms with Crippen LogP contribution in [-0.4, -0.2) is 16.9 Å². The van der Waals surface area contributed by atoms with Gasteiger partial charge < -0.3 is 19.8 Å². The van der Waals surface area contributed by atoms with E-state index in [1.165, 1.54) is 0 Å². The molecule has 0 unspecified atom stereocenters. The number of carbonyl (C=O) groups excluding carboxylic acids is 2. The maximum Gasteiger partial charge on any atom is 2.00 e. The maximum atomic E-state index is 10.4. The summed E-state index contributed by atoms with van der Waals surface area (Å²) in [5.41, 5.74) is -1.98. The zero-order chi connectivity index (χ0) is 11.6. The van der Waals surface area contributed by atoms with Crippen molar-refractivity contribution in [3.05, 3.63) is 39.4 Å². The van der Waals surface area contributed by atoms with Crippen LogP contribution in [0.5, 0.6) is 0 Å². The van der Waals surface area contributed by atoms with Crippen molar-refractivity contribution in [3.8, 4) is 0 Å². The third-order valence-corrected chi connectivity index (χ3v) is 1.65. The molecule has 0 spiro atoms. The second kappa shape index (κ2) is 5.32. The molecule has 8 heteroatoms. The molecule has 0 atom stereocenters. The molecule has 0 saturated carbocycles. The van der Waals surface area contributed by atoms with Gasteiger partial charge in [-0.3, -0.25) is 10.1 Å². The first kappa shape index (κ1) is 14.2. The van der Waals surface area contributed by atoms with E-state index in [2.05, 4.69) is 0 Å². The zero-order valence-electron chi connectivity index (χ0n) is 7.84. The van der Waals surface area contributed by atoms with Crippen LogP contribution in [0.1, 0.15) is 20.7 Å². The first-order valence-electron chi connectivity index (χ1n) is 3.64. The van der Waals surface area contributed by atoms with Crippen LogP contribution < -0.4 is 10.2 Å². The van der Waals surface area contributed by atoms with Gasteiger partial charge >= 0.3 is 19.5 Å². The molecule has 0 fully saturated rings. The van der Waals surface area contributed by atoms with Gasteiger partial charge in [-0.15, -0.1) is 0 Å².